The highest BCUT2D eigenvalue weighted by atomic mass is 32.2. The number of carbonyl (C=O) groups is 2. The van der Waals surface area contributed by atoms with Gasteiger partial charge in [-0.2, -0.15) is 0 Å². The summed E-state index contributed by atoms with van der Waals surface area (Å²) in [6, 6.07) is 14.6. The zero-order valence-corrected chi connectivity index (χ0v) is 21.7. The van der Waals surface area contributed by atoms with Crippen molar-refractivity contribution in [1.82, 2.24) is 15.3 Å². The SMILES string of the molecule is CC(C)C[C@@H](C(=O)NN(Cc1ccc([N+](=O)[O-])cc1)S(C)(=O)=O)[C@H](C/C=C/c1ccccc1)C(=O)NO. The summed E-state index contributed by atoms with van der Waals surface area (Å²) in [4.78, 5) is 36.3. The van der Waals surface area contributed by atoms with Crippen LogP contribution in [0.15, 0.2) is 60.7 Å². The van der Waals surface area contributed by atoms with Gasteiger partial charge in [-0.05, 0) is 29.9 Å². The van der Waals surface area contributed by atoms with Crippen LogP contribution >= 0.6 is 0 Å². The second-order valence-corrected chi connectivity index (χ2v) is 10.9. The number of carbonyl (C=O) groups excluding carboxylic acids is 2. The third-order valence-electron chi connectivity index (χ3n) is 5.60. The van der Waals surface area contributed by atoms with Gasteiger partial charge in [-0.3, -0.25) is 30.3 Å². The Balaban J connectivity index is 2.29. The van der Waals surface area contributed by atoms with Crippen molar-refractivity contribution in [3.05, 3.63) is 81.9 Å². The number of allylic oxidation sites excluding steroid dienone is 1. The zero-order chi connectivity index (χ0) is 27.6. The number of amides is 2. The second kappa shape index (κ2) is 13.6. The summed E-state index contributed by atoms with van der Waals surface area (Å²) in [6.07, 6.45) is 4.79. The molecule has 2 aromatic rings. The van der Waals surface area contributed by atoms with Gasteiger partial charge in [0.05, 0.1) is 29.6 Å². The Morgan fingerprint density at radius 2 is 1.68 bits per heavy atom. The molecule has 12 heteroatoms. The van der Waals surface area contributed by atoms with Crippen molar-refractivity contribution in [2.75, 3.05) is 6.26 Å². The number of nitrogens with zero attached hydrogens (tertiary/aromatic N) is 2. The van der Waals surface area contributed by atoms with E-state index in [1.165, 1.54) is 24.3 Å². The van der Waals surface area contributed by atoms with E-state index in [2.05, 4.69) is 5.43 Å². The molecule has 0 bridgehead atoms. The Bertz CT molecular complexity index is 1200. The number of sulfonamides is 1. The Kier molecular flexibility index (Phi) is 10.9. The van der Waals surface area contributed by atoms with Crippen LogP contribution in [-0.4, -0.2) is 41.0 Å². The van der Waals surface area contributed by atoms with Gasteiger partial charge in [-0.15, -0.1) is 4.41 Å². The van der Waals surface area contributed by atoms with Crippen LogP contribution in [0.25, 0.3) is 6.08 Å². The quantitative estimate of drug-likeness (QED) is 0.203. The van der Waals surface area contributed by atoms with Gasteiger partial charge in [0.1, 0.15) is 0 Å². The Labute approximate surface area is 216 Å². The van der Waals surface area contributed by atoms with Gasteiger partial charge in [-0.25, -0.2) is 13.9 Å². The zero-order valence-electron chi connectivity index (χ0n) is 20.9. The number of nitrogens with one attached hydrogen (secondary N) is 2. The van der Waals surface area contributed by atoms with Crippen molar-refractivity contribution in [1.29, 1.82) is 0 Å². The maximum atomic E-state index is 13.4. The molecule has 0 heterocycles. The molecule has 0 aromatic heterocycles. The lowest BCUT2D eigenvalue weighted by Crippen LogP contribution is -2.50. The average Bonchev–Trinajstić information content (AvgIpc) is 2.85. The summed E-state index contributed by atoms with van der Waals surface area (Å²) in [7, 11) is -3.95. The molecule has 0 aliphatic heterocycles. The summed E-state index contributed by atoms with van der Waals surface area (Å²) in [6.45, 7) is 3.44. The lowest BCUT2D eigenvalue weighted by Gasteiger charge is -2.28. The predicted molar refractivity (Wildman–Crippen MR) is 138 cm³/mol. The van der Waals surface area contributed by atoms with Gasteiger partial charge < -0.3 is 0 Å². The molecule has 0 radical (unpaired) electrons. The molecule has 0 saturated heterocycles. The van der Waals surface area contributed by atoms with Crippen LogP contribution in [0.3, 0.4) is 0 Å². The van der Waals surface area contributed by atoms with Crippen LogP contribution in [0, 0.1) is 27.9 Å². The van der Waals surface area contributed by atoms with Crippen LogP contribution in [0.2, 0.25) is 0 Å². The Hall–Kier alpha value is -3.61. The number of hydroxylamine groups is 1. The van der Waals surface area contributed by atoms with Crippen LogP contribution in [0.4, 0.5) is 5.69 Å². The Morgan fingerprint density at radius 3 is 2.19 bits per heavy atom. The van der Waals surface area contributed by atoms with E-state index in [0.29, 0.717) is 5.56 Å². The largest absolute Gasteiger partial charge is 0.289 e. The molecule has 0 saturated carbocycles. The van der Waals surface area contributed by atoms with Gasteiger partial charge in [-0.1, -0.05) is 68.5 Å². The minimum Gasteiger partial charge on any atom is -0.289 e. The van der Waals surface area contributed by atoms with Crippen LogP contribution in [0.5, 0.6) is 0 Å². The molecule has 2 amide bonds. The fraction of sp³-hybridized carbons (Fsp3) is 0.360. The van der Waals surface area contributed by atoms with Crippen molar-refractivity contribution in [2.45, 2.75) is 33.2 Å². The molecular formula is C25H32N4O7S. The highest BCUT2D eigenvalue weighted by Gasteiger charge is 2.35. The number of nitro groups is 1. The first-order valence-electron chi connectivity index (χ1n) is 11.6. The topological polar surface area (TPSA) is 159 Å². The molecule has 0 unspecified atom stereocenters. The summed E-state index contributed by atoms with van der Waals surface area (Å²) >= 11 is 0. The molecule has 0 aliphatic carbocycles. The number of rotatable bonds is 13. The maximum absolute atomic E-state index is 13.4. The molecule has 11 nitrogen and oxygen atoms in total. The summed E-state index contributed by atoms with van der Waals surface area (Å²) in [5.41, 5.74) is 5.17. The fourth-order valence-electron chi connectivity index (χ4n) is 3.75. The molecule has 0 spiro atoms. The van der Waals surface area contributed by atoms with Crippen molar-refractivity contribution in [3.8, 4) is 0 Å². The highest BCUT2D eigenvalue weighted by molar-refractivity contribution is 7.88. The molecular weight excluding hydrogens is 500 g/mol. The average molecular weight is 533 g/mol. The predicted octanol–water partition coefficient (Wildman–Crippen LogP) is 3.28. The molecule has 0 aliphatic rings. The number of benzene rings is 2. The summed E-state index contributed by atoms with van der Waals surface area (Å²) < 4.78 is 25.6. The third kappa shape index (κ3) is 9.41. The molecule has 0 fully saturated rings. The normalized spacial score (nSPS) is 13.5. The van der Waals surface area contributed by atoms with Crippen molar-refractivity contribution in [3.63, 3.8) is 0 Å². The maximum Gasteiger partial charge on any atom is 0.269 e. The van der Waals surface area contributed by atoms with Gasteiger partial charge in [0, 0.05) is 12.1 Å². The van der Waals surface area contributed by atoms with E-state index >= 15 is 0 Å². The van der Waals surface area contributed by atoms with E-state index in [0.717, 1.165) is 16.2 Å². The standard InChI is InChI=1S/C25H32N4O7S/c1-18(2)16-23(22(25(31)27-32)11-7-10-19-8-5-4-6-9-19)24(30)26-28(37(3,35)36)17-20-12-14-21(15-13-20)29(33)34/h4-10,12-15,18,22-23,32H,11,16-17H2,1-3H3,(H,26,30)(H,27,31)/b10-7+/t22-,23+/m0/s1. The lowest BCUT2D eigenvalue weighted by molar-refractivity contribution is -0.384. The van der Waals surface area contributed by atoms with Crippen molar-refractivity contribution >= 4 is 33.6 Å². The number of hydrogen-bond donors (Lipinski definition) is 3. The first kappa shape index (κ1) is 29.6. The van der Waals surface area contributed by atoms with Crippen LogP contribution in [0.1, 0.15) is 37.8 Å². The van der Waals surface area contributed by atoms with Gasteiger partial charge in [0.2, 0.25) is 21.8 Å². The van der Waals surface area contributed by atoms with E-state index in [9.17, 15) is 33.3 Å². The Morgan fingerprint density at radius 1 is 1.05 bits per heavy atom. The molecule has 3 N–H and O–H groups in total. The summed E-state index contributed by atoms with van der Waals surface area (Å²) in [5, 5.41) is 20.2. The molecule has 2 aromatic carbocycles. The molecule has 2 rings (SSSR count). The molecule has 37 heavy (non-hydrogen) atoms. The minimum atomic E-state index is -3.95. The van der Waals surface area contributed by atoms with Crippen LogP contribution < -0.4 is 10.9 Å². The van der Waals surface area contributed by atoms with Crippen molar-refractivity contribution in [2.24, 2.45) is 17.8 Å². The van der Waals surface area contributed by atoms with Crippen molar-refractivity contribution < 1.29 is 28.1 Å². The van der Waals surface area contributed by atoms with Crippen LogP contribution in [-0.2, 0) is 26.2 Å². The number of hydrogen-bond acceptors (Lipinski definition) is 7. The fourth-order valence-corrected chi connectivity index (χ4v) is 4.39. The minimum absolute atomic E-state index is 0.0239. The monoisotopic (exact) mass is 532 g/mol. The van der Waals surface area contributed by atoms with Gasteiger partial charge in [0.15, 0.2) is 0 Å². The van der Waals surface area contributed by atoms with E-state index < -0.39 is 38.6 Å². The van der Waals surface area contributed by atoms with Gasteiger partial charge >= 0.3 is 0 Å². The number of hydrazine groups is 1. The molecule has 200 valence electrons. The van der Waals surface area contributed by atoms with E-state index in [-0.39, 0.29) is 31.0 Å². The van der Waals surface area contributed by atoms with Gasteiger partial charge in [0.25, 0.3) is 5.69 Å². The number of nitro benzene ring substituents is 1. The third-order valence-corrected chi connectivity index (χ3v) is 6.62. The molecule has 2 atom stereocenters. The first-order valence-corrected chi connectivity index (χ1v) is 13.4. The highest BCUT2D eigenvalue weighted by Crippen LogP contribution is 2.26. The second-order valence-electron chi connectivity index (χ2n) is 9.04. The van der Waals surface area contributed by atoms with E-state index in [4.69, 9.17) is 0 Å². The summed E-state index contributed by atoms with van der Waals surface area (Å²) in [5.74, 6) is -3.44. The van der Waals surface area contributed by atoms with E-state index in [1.54, 1.807) is 17.6 Å². The van der Waals surface area contributed by atoms with E-state index in [1.807, 2.05) is 44.2 Å². The smallest absolute Gasteiger partial charge is 0.269 e. The lowest BCUT2D eigenvalue weighted by atomic mass is 9.82. The first-order chi connectivity index (χ1) is 17.4. The number of non-ortho nitro benzene ring substituents is 1.